The molecule has 0 fully saturated rings. The third kappa shape index (κ3) is 3.63. The van der Waals surface area contributed by atoms with Crippen LogP contribution < -0.4 is 0 Å². The summed E-state index contributed by atoms with van der Waals surface area (Å²) in [6, 6.07) is 0. The Morgan fingerprint density at radius 3 is 3.07 bits per heavy atom. The van der Waals surface area contributed by atoms with Crippen LogP contribution in [0.2, 0.25) is 0 Å². The summed E-state index contributed by atoms with van der Waals surface area (Å²) in [5, 5.41) is 4.12. The van der Waals surface area contributed by atoms with Crippen LogP contribution in [0.4, 0.5) is 0 Å². The van der Waals surface area contributed by atoms with E-state index >= 15 is 0 Å². The molecule has 1 aromatic rings. The highest BCUT2D eigenvalue weighted by Gasteiger charge is 1.95. The average molecular weight is 192 g/mol. The van der Waals surface area contributed by atoms with E-state index in [-0.39, 0.29) is 0 Å². The van der Waals surface area contributed by atoms with Crippen molar-refractivity contribution in [1.82, 2.24) is 9.78 Å². The molecular formula is C11H16N2O. The largest absolute Gasteiger partial charge is 0.381 e. The minimum atomic E-state index is 0.791. The number of ether oxygens (including phenoxy) is 1. The van der Waals surface area contributed by atoms with E-state index in [2.05, 4.69) is 17.9 Å². The lowest BCUT2D eigenvalue weighted by Crippen LogP contribution is -2.03. The van der Waals surface area contributed by atoms with Gasteiger partial charge in [0.1, 0.15) is 0 Å². The molecule has 0 bridgehead atoms. The van der Waals surface area contributed by atoms with Crippen LogP contribution in [-0.4, -0.2) is 23.0 Å². The van der Waals surface area contributed by atoms with Crippen LogP contribution in [0.3, 0.4) is 0 Å². The predicted molar refractivity (Wildman–Crippen MR) is 55.9 cm³/mol. The van der Waals surface area contributed by atoms with Gasteiger partial charge < -0.3 is 4.74 Å². The lowest BCUT2D eigenvalue weighted by molar-refractivity contribution is 0.128. The van der Waals surface area contributed by atoms with Crippen LogP contribution in [0.5, 0.6) is 0 Å². The van der Waals surface area contributed by atoms with Crippen molar-refractivity contribution in [2.75, 3.05) is 13.2 Å². The van der Waals surface area contributed by atoms with E-state index in [1.54, 1.807) is 6.20 Å². The van der Waals surface area contributed by atoms with E-state index in [1.807, 2.05) is 10.9 Å². The second-order valence-electron chi connectivity index (χ2n) is 3.10. The van der Waals surface area contributed by atoms with E-state index in [4.69, 9.17) is 11.2 Å². The Morgan fingerprint density at radius 2 is 2.43 bits per heavy atom. The molecule has 0 N–H and O–H groups in total. The molecule has 1 heterocycles. The molecule has 1 rings (SSSR count). The maximum atomic E-state index is 5.36. The fourth-order valence-corrected chi connectivity index (χ4v) is 1.14. The lowest BCUT2D eigenvalue weighted by atomic mass is 10.4. The number of aromatic nitrogens is 2. The van der Waals surface area contributed by atoms with Crippen molar-refractivity contribution in [2.45, 2.75) is 26.3 Å². The summed E-state index contributed by atoms with van der Waals surface area (Å²) in [5.41, 5.74) is 0.833. The number of rotatable bonds is 6. The smallest absolute Gasteiger partial charge is 0.0646 e. The highest BCUT2D eigenvalue weighted by Crippen LogP contribution is 1.96. The van der Waals surface area contributed by atoms with Gasteiger partial charge in [-0.1, -0.05) is 12.8 Å². The first-order valence-corrected chi connectivity index (χ1v) is 4.93. The summed E-state index contributed by atoms with van der Waals surface area (Å²) < 4.78 is 7.21. The fourth-order valence-electron chi connectivity index (χ4n) is 1.14. The second kappa shape index (κ2) is 6.22. The summed E-state index contributed by atoms with van der Waals surface area (Å²) in [6.07, 6.45) is 10.9. The van der Waals surface area contributed by atoms with Crippen LogP contribution in [0.15, 0.2) is 12.4 Å². The first kappa shape index (κ1) is 10.8. The fraction of sp³-hybridized carbons (Fsp3) is 0.545. The van der Waals surface area contributed by atoms with E-state index in [0.29, 0.717) is 0 Å². The van der Waals surface area contributed by atoms with Gasteiger partial charge in [0, 0.05) is 26.0 Å². The molecule has 0 saturated heterocycles. The average Bonchev–Trinajstić information content (AvgIpc) is 2.65. The molecule has 0 aliphatic heterocycles. The molecule has 0 unspecified atom stereocenters. The first-order valence-electron chi connectivity index (χ1n) is 4.93. The third-order valence-electron chi connectivity index (χ3n) is 1.82. The Bertz CT molecular complexity index is 298. The third-order valence-corrected chi connectivity index (χ3v) is 1.82. The Kier molecular flexibility index (Phi) is 4.81. The highest BCUT2D eigenvalue weighted by atomic mass is 16.5. The molecule has 76 valence electrons. The van der Waals surface area contributed by atoms with Gasteiger partial charge in [-0.05, 0) is 12.8 Å². The Hall–Kier alpha value is -1.27. The quantitative estimate of drug-likeness (QED) is 0.506. The van der Waals surface area contributed by atoms with Crippen LogP contribution in [0, 0.1) is 12.3 Å². The summed E-state index contributed by atoms with van der Waals surface area (Å²) >= 11 is 0. The zero-order valence-corrected chi connectivity index (χ0v) is 8.57. The van der Waals surface area contributed by atoms with Crippen LogP contribution in [0.25, 0.3) is 0 Å². The summed E-state index contributed by atoms with van der Waals surface area (Å²) in [6.45, 7) is 4.60. The monoisotopic (exact) mass is 192 g/mol. The Labute approximate surface area is 85.1 Å². The highest BCUT2D eigenvalue weighted by molar-refractivity contribution is 5.25. The number of hydrogen-bond acceptors (Lipinski definition) is 2. The minimum absolute atomic E-state index is 0.791. The topological polar surface area (TPSA) is 27.1 Å². The van der Waals surface area contributed by atoms with E-state index in [0.717, 1.165) is 38.2 Å². The number of aryl methyl sites for hydroxylation is 1. The normalized spacial score (nSPS) is 10.0. The summed E-state index contributed by atoms with van der Waals surface area (Å²) in [7, 11) is 0. The Balaban J connectivity index is 2.16. The van der Waals surface area contributed by atoms with Gasteiger partial charge in [-0.3, -0.25) is 4.68 Å². The van der Waals surface area contributed by atoms with Crippen molar-refractivity contribution in [3.8, 4) is 12.3 Å². The zero-order valence-electron chi connectivity index (χ0n) is 8.57. The molecule has 0 atom stereocenters. The maximum absolute atomic E-state index is 5.36. The Morgan fingerprint density at radius 1 is 1.57 bits per heavy atom. The molecule has 0 radical (unpaired) electrons. The van der Waals surface area contributed by atoms with Gasteiger partial charge in [-0.2, -0.15) is 5.10 Å². The standard InChI is InChI=1S/C11H16N2O/c1-3-7-14-8-5-6-13-10-11(4-2)9-12-13/h2,9-10H,3,5-8H2,1H3. The van der Waals surface area contributed by atoms with Gasteiger partial charge in [0.25, 0.3) is 0 Å². The molecule has 0 saturated carbocycles. The molecule has 0 aliphatic rings. The van der Waals surface area contributed by atoms with Crippen molar-refractivity contribution >= 4 is 0 Å². The van der Waals surface area contributed by atoms with E-state index in [9.17, 15) is 0 Å². The number of terminal acetylenes is 1. The summed E-state index contributed by atoms with van der Waals surface area (Å²) in [4.78, 5) is 0. The van der Waals surface area contributed by atoms with Crippen molar-refractivity contribution in [3.63, 3.8) is 0 Å². The maximum Gasteiger partial charge on any atom is 0.0646 e. The van der Waals surface area contributed by atoms with Crippen molar-refractivity contribution < 1.29 is 4.74 Å². The van der Waals surface area contributed by atoms with Gasteiger partial charge in [0.15, 0.2) is 0 Å². The second-order valence-corrected chi connectivity index (χ2v) is 3.10. The molecule has 0 amide bonds. The van der Waals surface area contributed by atoms with Crippen LogP contribution >= 0.6 is 0 Å². The van der Waals surface area contributed by atoms with Crippen molar-refractivity contribution in [1.29, 1.82) is 0 Å². The number of hydrogen-bond donors (Lipinski definition) is 0. The predicted octanol–water partition coefficient (Wildman–Crippen LogP) is 1.68. The van der Waals surface area contributed by atoms with Gasteiger partial charge in [-0.15, -0.1) is 6.42 Å². The van der Waals surface area contributed by atoms with Crippen LogP contribution in [-0.2, 0) is 11.3 Å². The molecule has 14 heavy (non-hydrogen) atoms. The van der Waals surface area contributed by atoms with E-state index in [1.165, 1.54) is 0 Å². The van der Waals surface area contributed by atoms with Gasteiger partial charge >= 0.3 is 0 Å². The summed E-state index contributed by atoms with van der Waals surface area (Å²) in [5.74, 6) is 2.54. The molecular weight excluding hydrogens is 176 g/mol. The van der Waals surface area contributed by atoms with Gasteiger partial charge in [-0.25, -0.2) is 0 Å². The molecule has 3 nitrogen and oxygen atoms in total. The minimum Gasteiger partial charge on any atom is -0.381 e. The molecule has 0 spiro atoms. The van der Waals surface area contributed by atoms with Gasteiger partial charge in [0.2, 0.25) is 0 Å². The van der Waals surface area contributed by atoms with E-state index < -0.39 is 0 Å². The van der Waals surface area contributed by atoms with Gasteiger partial charge in [0.05, 0.1) is 11.8 Å². The van der Waals surface area contributed by atoms with Crippen LogP contribution in [0.1, 0.15) is 25.3 Å². The lowest BCUT2D eigenvalue weighted by Gasteiger charge is -2.02. The molecule has 0 aromatic carbocycles. The SMILES string of the molecule is C#Cc1cnn(CCCOCCC)c1. The zero-order chi connectivity index (χ0) is 10.2. The van der Waals surface area contributed by atoms with Crippen molar-refractivity contribution in [3.05, 3.63) is 18.0 Å². The van der Waals surface area contributed by atoms with Crippen molar-refractivity contribution in [2.24, 2.45) is 0 Å². The first-order chi connectivity index (χ1) is 6.86. The molecule has 0 aliphatic carbocycles. The molecule has 1 aromatic heterocycles. The molecule has 3 heteroatoms. The number of nitrogens with zero attached hydrogens (tertiary/aromatic N) is 2.